The van der Waals surface area contributed by atoms with Crippen LogP contribution in [-0.4, -0.2) is 61.7 Å². The number of Topliss-reactive ketones (excluding diaryl/α,β-unsaturated/α-hetero) is 1. The Bertz CT molecular complexity index is 1340. The zero-order valence-corrected chi connectivity index (χ0v) is 27.6. The minimum atomic E-state index is -3.04. The van der Waals surface area contributed by atoms with Crippen molar-refractivity contribution >= 4 is 29.6 Å². The molecule has 0 fully saturated rings. The van der Waals surface area contributed by atoms with Gasteiger partial charge in [-0.3, -0.25) is 14.4 Å². The number of para-hydroxylation sites is 1. The molecule has 2 aromatic carbocycles. The summed E-state index contributed by atoms with van der Waals surface area (Å²) < 4.78 is 5.74. The van der Waals surface area contributed by atoms with Crippen molar-refractivity contribution in [1.82, 2.24) is 5.32 Å². The van der Waals surface area contributed by atoms with Crippen molar-refractivity contribution < 1.29 is 49.1 Å². The van der Waals surface area contributed by atoms with Crippen molar-refractivity contribution in [3.05, 3.63) is 72.3 Å². The van der Waals surface area contributed by atoms with E-state index >= 15 is 0 Å². The Balaban J connectivity index is 2.01. The number of carbonyl (C=O) groups is 5. The van der Waals surface area contributed by atoms with Crippen LogP contribution in [0.2, 0.25) is 0 Å². The van der Waals surface area contributed by atoms with Crippen LogP contribution in [0.25, 0.3) is 0 Å². The number of unbranched alkanes of at least 4 members (excludes halogenated alkanes) is 8. The molecule has 0 aliphatic carbocycles. The molecule has 0 saturated carbocycles. The summed E-state index contributed by atoms with van der Waals surface area (Å²) in [7, 11) is 0. The first kappa shape index (κ1) is 39.7. The van der Waals surface area contributed by atoms with Crippen molar-refractivity contribution in [2.24, 2.45) is 5.92 Å². The Morgan fingerprint density at radius 2 is 1.38 bits per heavy atom. The fraction of sp³-hybridized carbons (Fsp3) is 0.486. The Morgan fingerprint density at radius 1 is 0.792 bits per heavy atom. The number of allylic oxidation sites excluding steroid dienone is 1. The minimum Gasteiger partial charge on any atom is -0.481 e. The monoisotopic (exact) mass is 667 g/mol. The highest BCUT2D eigenvalue weighted by Crippen LogP contribution is 2.26. The molecule has 0 radical (unpaired) electrons. The maximum Gasteiger partial charge on any atom is 0.337 e. The standard InChI is InChI=1S/C37H49NO10/c1-2-3-4-5-6-7-11-16-28(39)17-12-8-9-15-20-31(37(47,36(45)46)26-33(40)41)34(42)38-32(35(43)44)25-27-21-23-30(24-22-27)48-29-18-13-10-14-19-29/h10,13-15,18-24,31-32,47H,2-9,11-12,16-17,25-26H2,1H3,(H,38,42)(H,40,41)(H,43,44)(H,45,46)/t31-,32+,37+/m1/s1. The number of amides is 1. The quantitative estimate of drug-likeness (QED) is 0.0592. The van der Waals surface area contributed by atoms with Crippen LogP contribution in [0.1, 0.15) is 96.0 Å². The lowest BCUT2D eigenvalue weighted by Gasteiger charge is -2.29. The SMILES string of the molecule is CCCCCCCCCC(=O)CCCCC=C[C@H](C(=O)N[C@@H](Cc1ccc(Oc2ccccc2)cc1)C(=O)O)[C@@](O)(CC(=O)O)C(=O)O. The number of aliphatic carboxylic acids is 3. The number of rotatable bonds is 25. The van der Waals surface area contributed by atoms with Crippen molar-refractivity contribution in [3.8, 4) is 11.5 Å². The van der Waals surface area contributed by atoms with Gasteiger partial charge in [0.15, 0.2) is 5.60 Å². The molecule has 11 heteroatoms. The molecule has 11 nitrogen and oxygen atoms in total. The largest absolute Gasteiger partial charge is 0.481 e. The molecule has 0 spiro atoms. The van der Waals surface area contributed by atoms with Crippen LogP contribution in [-0.2, 0) is 30.4 Å². The van der Waals surface area contributed by atoms with E-state index in [2.05, 4.69) is 12.2 Å². The van der Waals surface area contributed by atoms with Gasteiger partial charge in [-0.2, -0.15) is 0 Å². The minimum absolute atomic E-state index is 0.171. The molecule has 1 amide bonds. The van der Waals surface area contributed by atoms with Gasteiger partial charge in [0.05, 0.1) is 12.3 Å². The fourth-order valence-electron chi connectivity index (χ4n) is 5.25. The van der Waals surface area contributed by atoms with E-state index in [0.29, 0.717) is 49.2 Å². The van der Waals surface area contributed by atoms with Crippen molar-refractivity contribution in [1.29, 1.82) is 0 Å². The first-order chi connectivity index (χ1) is 23.0. The molecule has 5 N–H and O–H groups in total. The maximum absolute atomic E-state index is 13.3. The van der Waals surface area contributed by atoms with Crippen LogP contribution in [0.5, 0.6) is 11.5 Å². The number of ketones is 1. The number of carboxylic acids is 3. The zero-order chi connectivity index (χ0) is 35.4. The summed E-state index contributed by atoms with van der Waals surface area (Å²) in [5.74, 6) is -6.78. The van der Waals surface area contributed by atoms with Gasteiger partial charge >= 0.3 is 17.9 Å². The van der Waals surface area contributed by atoms with Gasteiger partial charge in [0.25, 0.3) is 0 Å². The van der Waals surface area contributed by atoms with Crippen molar-refractivity contribution in [2.75, 3.05) is 0 Å². The second-order valence-electron chi connectivity index (χ2n) is 12.0. The highest BCUT2D eigenvalue weighted by atomic mass is 16.5. The van der Waals surface area contributed by atoms with Crippen LogP contribution in [0.15, 0.2) is 66.7 Å². The number of carboxylic acid groups (broad SMARTS) is 3. The summed E-state index contributed by atoms with van der Waals surface area (Å²) in [5, 5.41) is 42.1. The number of hydrogen-bond acceptors (Lipinski definition) is 7. The number of benzene rings is 2. The molecule has 0 aliphatic heterocycles. The lowest BCUT2D eigenvalue weighted by atomic mass is 9.82. The molecule has 0 bridgehead atoms. The average molecular weight is 668 g/mol. The van der Waals surface area contributed by atoms with E-state index in [-0.39, 0.29) is 12.2 Å². The third-order valence-electron chi connectivity index (χ3n) is 8.01. The van der Waals surface area contributed by atoms with E-state index in [4.69, 9.17) is 4.74 Å². The number of hydrogen-bond donors (Lipinski definition) is 5. The molecule has 262 valence electrons. The lowest BCUT2D eigenvalue weighted by Crippen LogP contribution is -2.55. The summed E-state index contributed by atoms with van der Waals surface area (Å²) in [6.45, 7) is 2.17. The van der Waals surface area contributed by atoms with Gasteiger partial charge in [-0.15, -0.1) is 0 Å². The fourth-order valence-corrected chi connectivity index (χ4v) is 5.25. The normalized spacial score (nSPS) is 13.7. The summed E-state index contributed by atoms with van der Waals surface area (Å²) in [6.07, 6.45) is 11.3. The summed E-state index contributed by atoms with van der Waals surface area (Å²) in [5.41, 5.74) is -2.52. The van der Waals surface area contributed by atoms with E-state index in [0.717, 1.165) is 25.3 Å². The van der Waals surface area contributed by atoms with Crippen LogP contribution in [0.4, 0.5) is 0 Å². The molecule has 3 atom stereocenters. The molecular weight excluding hydrogens is 618 g/mol. The van der Waals surface area contributed by atoms with Gasteiger partial charge in [0, 0.05) is 19.3 Å². The van der Waals surface area contributed by atoms with Gasteiger partial charge in [0.1, 0.15) is 23.3 Å². The predicted molar refractivity (Wildman–Crippen MR) is 180 cm³/mol. The van der Waals surface area contributed by atoms with Crippen LogP contribution < -0.4 is 10.1 Å². The Hall–Kier alpha value is -4.51. The van der Waals surface area contributed by atoms with E-state index in [1.807, 2.05) is 18.2 Å². The highest BCUT2D eigenvalue weighted by Gasteiger charge is 2.49. The topological polar surface area (TPSA) is 188 Å². The Morgan fingerprint density at radius 3 is 1.96 bits per heavy atom. The number of nitrogens with one attached hydrogen (secondary N) is 1. The van der Waals surface area contributed by atoms with E-state index in [1.165, 1.54) is 31.8 Å². The van der Waals surface area contributed by atoms with E-state index < -0.39 is 47.8 Å². The lowest BCUT2D eigenvalue weighted by molar-refractivity contribution is -0.172. The van der Waals surface area contributed by atoms with Crippen LogP contribution >= 0.6 is 0 Å². The second-order valence-corrected chi connectivity index (χ2v) is 12.0. The molecule has 48 heavy (non-hydrogen) atoms. The molecule has 0 aliphatic rings. The van der Waals surface area contributed by atoms with Gasteiger partial charge in [-0.1, -0.05) is 87.9 Å². The van der Waals surface area contributed by atoms with Gasteiger partial charge in [-0.25, -0.2) is 9.59 Å². The summed E-state index contributed by atoms with van der Waals surface area (Å²) in [6, 6.07) is 14.0. The Labute approximate surface area is 282 Å². The molecule has 0 unspecified atom stereocenters. The maximum atomic E-state index is 13.3. The third-order valence-corrected chi connectivity index (χ3v) is 8.01. The highest BCUT2D eigenvalue weighted by molar-refractivity contribution is 5.94. The molecule has 0 heterocycles. The van der Waals surface area contributed by atoms with Gasteiger partial charge in [0.2, 0.25) is 5.91 Å². The third kappa shape index (κ3) is 14.5. The molecule has 0 aromatic heterocycles. The van der Waals surface area contributed by atoms with E-state index in [9.17, 15) is 44.4 Å². The number of ether oxygens (including phenoxy) is 1. The smallest absolute Gasteiger partial charge is 0.337 e. The van der Waals surface area contributed by atoms with Crippen molar-refractivity contribution in [2.45, 2.75) is 108 Å². The predicted octanol–water partition coefficient (Wildman–Crippen LogP) is 6.32. The van der Waals surface area contributed by atoms with Gasteiger partial charge in [-0.05, 0) is 55.5 Å². The van der Waals surface area contributed by atoms with E-state index in [1.54, 1.807) is 36.4 Å². The molecule has 2 rings (SSSR count). The molecule has 0 saturated heterocycles. The number of carbonyl (C=O) groups excluding carboxylic acids is 2. The van der Waals surface area contributed by atoms with Crippen LogP contribution in [0, 0.1) is 5.92 Å². The molecular formula is C37H49NO10. The van der Waals surface area contributed by atoms with Gasteiger partial charge < -0.3 is 30.5 Å². The summed E-state index contributed by atoms with van der Waals surface area (Å²) in [4.78, 5) is 61.2. The average Bonchev–Trinajstić information content (AvgIpc) is 3.04. The summed E-state index contributed by atoms with van der Waals surface area (Å²) >= 11 is 0. The number of aliphatic hydroxyl groups is 1. The van der Waals surface area contributed by atoms with Crippen LogP contribution in [0.3, 0.4) is 0 Å². The first-order valence-corrected chi connectivity index (χ1v) is 16.7. The molecule has 2 aromatic rings. The second kappa shape index (κ2) is 21.4. The Kier molecular flexibility index (Phi) is 17.7. The zero-order valence-electron chi connectivity index (χ0n) is 27.6. The first-order valence-electron chi connectivity index (χ1n) is 16.7. The van der Waals surface area contributed by atoms with Crippen molar-refractivity contribution in [3.63, 3.8) is 0 Å².